The van der Waals surface area contributed by atoms with E-state index in [0.29, 0.717) is 5.56 Å². The van der Waals surface area contributed by atoms with E-state index in [1.165, 1.54) is 0 Å². The van der Waals surface area contributed by atoms with Crippen LogP contribution in [0.1, 0.15) is 41.3 Å². The van der Waals surface area contributed by atoms with E-state index in [4.69, 9.17) is 5.11 Å². The number of aromatic carboxylic acids is 1. The summed E-state index contributed by atoms with van der Waals surface area (Å²) in [6.45, 7) is 7.06. The molecule has 0 fully saturated rings. The first-order chi connectivity index (χ1) is 8.54. The Labute approximate surface area is 107 Å². The summed E-state index contributed by atoms with van der Waals surface area (Å²) >= 11 is 0. The quantitative estimate of drug-likeness (QED) is 0.891. The average Bonchev–Trinajstić information content (AvgIpc) is 2.62. The van der Waals surface area contributed by atoms with Crippen molar-refractivity contribution >= 4 is 16.9 Å². The second-order valence-corrected chi connectivity index (χ2v) is 4.85. The molecule has 0 radical (unpaired) electrons. The normalized spacial score (nSPS) is 11.1. The molecule has 2 rings (SSSR count). The van der Waals surface area contributed by atoms with Gasteiger partial charge in [0.2, 0.25) is 0 Å². The lowest BCUT2D eigenvalue weighted by atomic mass is 10.0. The van der Waals surface area contributed by atoms with Gasteiger partial charge in [-0.05, 0) is 43.5 Å². The van der Waals surface area contributed by atoms with Crippen molar-refractivity contribution in [3.63, 3.8) is 0 Å². The summed E-state index contributed by atoms with van der Waals surface area (Å²) in [6, 6.07) is 3.78. The first-order valence-corrected chi connectivity index (χ1v) is 6.38. The zero-order chi connectivity index (χ0) is 13.3. The largest absolute Gasteiger partial charge is 0.478 e. The van der Waals surface area contributed by atoms with Crippen molar-refractivity contribution in [2.45, 2.75) is 40.2 Å². The third-order valence-electron chi connectivity index (χ3n) is 3.41. The van der Waals surface area contributed by atoms with Crippen LogP contribution in [0, 0.1) is 13.8 Å². The Morgan fingerprint density at radius 2 is 2.00 bits per heavy atom. The highest BCUT2D eigenvalue weighted by Gasteiger charge is 2.12. The summed E-state index contributed by atoms with van der Waals surface area (Å²) < 4.78 is 2.23. The highest BCUT2D eigenvalue weighted by atomic mass is 16.4. The van der Waals surface area contributed by atoms with Gasteiger partial charge in [-0.2, -0.15) is 0 Å². The number of carboxylic acids is 1. The molecule has 0 aliphatic rings. The molecule has 0 saturated heterocycles. The number of hydrogen-bond donors (Lipinski definition) is 1. The SMILES string of the molecule is CCCCn1cc(C)c2cc(C(=O)O)c(C)cc21. The van der Waals surface area contributed by atoms with E-state index in [1.807, 2.05) is 19.9 Å². The Morgan fingerprint density at radius 3 is 2.61 bits per heavy atom. The van der Waals surface area contributed by atoms with Crippen LogP contribution in [0.3, 0.4) is 0 Å². The molecule has 0 bridgehead atoms. The second kappa shape index (κ2) is 4.84. The van der Waals surface area contributed by atoms with Crippen LogP contribution in [0.4, 0.5) is 0 Å². The molecule has 18 heavy (non-hydrogen) atoms. The lowest BCUT2D eigenvalue weighted by molar-refractivity contribution is 0.0696. The molecule has 3 heteroatoms. The molecule has 2 aromatic rings. The minimum atomic E-state index is -0.852. The lowest BCUT2D eigenvalue weighted by Crippen LogP contribution is -2.01. The van der Waals surface area contributed by atoms with Crippen LogP contribution >= 0.6 is 0 Å². The minimum Gasteiger partial charge on any atom is -0.478 e. The van der Waals surface area contributed by atoms with E-state index < -0.39 is 5.97 Å². The molecule has 0 saturated carbocycles. The number of aromatic nitrogens is 1. The van der Waals surface area contributed by atoms with Gasteiger partial charge in [0.1, 0.15) is 0 Å². The Hall–Kier alpha value is -1.77. The van der Waals surface area contributed by atoms with Crippen molar-refractivity contribution in [1.82, 2.24) is 4.57 Å². The van der Waals surface area contributed by atoms with Gasteiger partial charge in [-0.25, -0.2) is 4.79 Å². The van der Waals surface area contributed by atoms with Crippen molar-refractivity contribution < 1.29 is 9.90 Å². The number of aryl methyl sites for hydroxylation is 3. The molecule has 0 unspecified atom stereocenters. The van der Waals surface area contributed by atoms with Gasteiger partial charge in [-0.15, -0.1) is 0 Å². The molecular weight excluding hydrogens is 226 g/mol. The lowest BCUT2D eigenvalue weighted by Gasteiger charge is -2.06. The van der Waals surface area contributed by atoms with E-state index in [2.05, 4.69) is 17.7 Å². The van der Waals surface area contributed by atoms with Gasteiger partial charge in [-0.1, -0.05) is 13.3 Å². The Balaban J connectivity index is 2.59. The van der Waals surface area contributed by atoms with Gasteiger partial charge in [0.15, 0.2) is 0 Å². The molecule has 0 atom stereocenters. The summed E-state index contributed by atoms with van der Waals surface area (Å²) in [6.07, 6.45) is 4.42. The van der Waals surface area contributed by atoms with Crippen LogP contribution in [-0.4, -0.2) is 15.6 Å². The molecule has 0 amide bonds. The van der Waals surface area contributed by atoms with Crippen molar-refractivity contribution in [2.75, 3.05) is 0 Å². The third-order valence-corrected chi connectivity index (χ3v) is 3.41. The first-order valence-electron chi connectivity index (χ1n) is 6.38. The predicted octanol–water partition coefficient (Wildman–Crippen LogP) is 3.76. The van der Waals surface area contributed by atoms with E-state index in [9.17, 15) is 4.79 Å². The molecule has 0 spiro atoms. The molecule has 3 nitrogen and oxygen atoms in total. The van der Waals surface area contributed by atoms with Crippen LogP contribution in [-0.2, 0) is 6.54 Å². The number of carboxylic acid groups (broad SMARTS) is 1. The zero-order valence-electron chi connectivity index (χ0n) is 11.2. The standard InChI is InChI=1S/C15H19NO2/c1-4-5-6-16-9-11(3)12-8-13(15(17)18)10(2)7-14(12)16/h7-9H,4-6H2,1-3H3,(H,17,18). The Bertz CT molecular complexity index is 596. The van der Waals surface area contributed by atoms with Crippen LogP contribution in [0.5, 0.6) is 0 Å². The number of carbonyl (C=O) groups is 1. The molecule has 0 aliphatic heterocycles. The Kier molecular flexibility index (Phi) is 3.41. The predicted molar refractivity (Wildman–Crippen MR) is 73.3 cm³/mol. The average molecular weight is 245 g/mol. The molecule has 0 aliphatic carbocycles. The van der Waals surface area contributed by atoms with Crippen LogP contribution in [0.15, 0.2) is 18.3 Å². The molecule has 1 aromatic carbocycles. The number of nitrogens with zero attached hydrogens (tertiary/aromatic N) is 1. The van der Waals surface area contributed by atoms with E-state index >= 15 is 0 Å². The number of benzene rings is 1. The molecule has 1 N–H and O–H groups in total. The van der Waals surface area contributed by atoms with Crippen molar-refractivity contribution in [3.8, 4) is 0 Å². The summed E-state index contributed by atoms with van der Waals surface area (Å²) in [5, 5.41) is 10.2. The van der Waals surface area contributed by atoms with Crippen molar-refractivity contribution in [1.29, 1.82) is 0 Å². The van der Waals surface area contributed by atoms with Gasteiger partial charge in [0.25, 0.3) is 0 Å². The van der Waals surface area contributed by atoms with Crippen LogP contribution in [0.2, 0.25) is 0 Å². The van der Waals surface area contributed by atoms with Gasteiger partial charge < -0.3 is 9.67 Å². The highest BCUT2D eigenvalue weighted by Crippen LogP contribution is 2.25. The second-order valence-electron chi connectivity index (χ2n) is 4.85. The van der Waals surface area contributed by atoms with E-state index in [0.717, 1.165) is 41.4 Å². The fourth-order valence-electron chi connectivity index (χ4n) is 2.36. The molecule has 1 aromatic heterocycles. The van der Waals surface area contributed by atoms with Crippen molar-refractivity contribution in [3.05, 3.63) is 35.0 Å². The number of unbranched alkanes of at least 4 members (excludes halogenated alkanes) is 1. The van der Waals surface area contributed by atoms with Gasteiger partial charge in [0.05, 0.1) is 5.56 Å². The van der Waals surface area contributed by atoms with E-state index in [-0.39, 0.29) is 0 Å². The highest BCUT2D eigenvalue weighted by molar-refractivity contribution is 5.96. The summed E-state index contributed by atoms with van der Waals surface area (Å²) in [5.41, 5.74) is 3.51. The molecule has 1 heterocycles. The molecular formula is C15H19NO2. The summed E-state index contributed by atoms with van der Waals surface area (Å²) in [7, 11) is 0. The fraction of sp³-hybridized carbons (Fsp3) is 0.400. The smallest absolute Gasteiger partial charge is 0.335 e. The van der Waals surface area contributed by atoms with Gasteiger partial charge >= 0.3 is 5.97 Å². The molecule has 96 valence electrons. The monoisotopic (exact) mass is 245 g/mol. The zero-order valence-corrected chi connectivity index (χ0v) is 11.2. The topological polar surface area (TPSA) is 42.2 Å². The fourth-order valence-corrected chi connectivity index (χ4v) is 2.36. The van der Waals surface area contributed by atoms with Crippen LogP contribution < -0.4 is 0 Å². The van der Waals surface area contributed by atoms with Crippen LogP contribution in [0.25, 0.3) is 10.9 Å². The first kappa shape index (κ1) is 12.7. The number of rotatable bonds is 4. The van der Waals surface area contributed by atoms with Gasteiger partial charge in [-0.3, -0.25) is 0 Å². The number of fused-ring (bicyclic) bond motifs is 1. The maximum Gasteiger partial charge on any atom is 0.335 e. The Morgan fingerprint density at radius 1 is 1.28 bits per heavy atom. The summed E-state index contributed by atoms with van der Waals surface area (Å²) in [5.74, 6) is -0.852. The van der Waals surface area contributed by atoms with Crippen molar-refractivity contribution in [2.24, 2.45) is 0 Å². The maximum absolute atomic E-state index is 11.1. The maximum atomic E-state index is 11.1. The van der Waals surface area contributed by atoms with E-state index in [1.54, 1.807) is 6.07 Å². The minimum absolute atomic E-state index is 0.402. The number of hydrogen-bond acceptors (Lipinski definition) is 1. The summed E-state index contributed by atoms with van der Waals surface area (Å²) in [4.78, 5) is 11.1. The van der Waals surface area contributed by atoms with Gasteiger partial charge in [0, 0.05) is 23.6 Å². The third kappa shape index (κ3) is 2.13.